The number of ketones is 1. The third kappa shape index (κ3) is 10.4. The van der Waals surface area contributed by atoms with Crippen molar-refractivity contribution in [3.8, 4) is 12.1 Å². The lowest BCUT2D eigenvalue weighted by Gasteiger charge is -2.21. The largest absolute Gasteiger partial charge is 0.397 e. The van der Waals surface area contributed by atoms with Crippen LogP contribution < -0.4 is 5.73 Å². The second-order valence-corrected chi connectivity index (χ2v) is 19.1. The first-order valence-electron chi connectivity index (χ1n) is 22.6. The van der Waals surface area contributed by atoms with Crippen LogP contribution in [0.5, 0.6) is 0 Å². The maximum atomic E-state index is 13.9. The fourth-order valence-electron chi connectivity index (χ4n) is 11.5. The summed E-state index contributed by atoms with van der Waals surface area (Å²) in [5.41, 5.74) is 11.7. The Morgan fingerprint density at radius 3 is 1.52 bits per heavy atom. The standard InChI is InChI=1S/C27H26FN3O.C20H21ClFNO.C6H5N3/c1-16(27(32)8-17-2-4-23(14-29)31-15-17)18-9-19-11-21(12-20(19)10-18)24-6-7-30-26-5-3-22(28)13-25(24)26;1-11(20(21)24)12-6-13-8-15(9-14(13)7-12)17-4-5-23-19-3-2-16(22)10-18(17)19;7-3-6-2-1-5(8)4-9-6/h2-7,13,15-16,18-21H,8-12H2,1H3;2-5,10-15H,6-9H2,1H3;1-2,4H,8H2/t16?,18?,19-,20+,21?;11?,12?,13-,14+,15?;. The van der Waals surface area contributed by atoms with Crippen molar-refractivity contribution < 1.29 is 18.4 Å². The molecular weight excluding hydrogens is 840 g/mol. The first kappa shape index (κ1) is 45.4. The van der Waals surface area contributed by atoms with Crippen LogP contribution in [0.1, 0.15) is 105 Å². The Morgan fingerprint density at radius 1 is 0.646 bits per heavy atom. The van der Waals surface area contributed by atoms with E-state index >= 15 is 0 Å². The summed E-state index contributed by atoms with van der Waals surface area (Å²) >= 11 is 5.69. The maximum absolute atomic E-state index is 13.9. The molecule has 0 aliphatic heterocycles. The third-order valence-corrected chi connectivity index (χ3v) is 15.3. The second-order valence-electron chi connectivity index (χ2n) is 18.7. The van der Waals surface area contributed by atoms with Gasteiger partial charge in [-0.2, -0.15) is 10.5 Å². The van der Waals surface area contributed by atoms with Gasteiger partial charge in [0.1, 0.15) is 40.9 Å². The van der Waals surface area contributed by atoms with Crippen LogP contribution in [0.4, 0.5) is 14.5 Å². The number of Topliss-reactive ketones (excluding diaryl/α,β-unsaturated/α-hetero) is 1. The van der Waals surface area contributed by atoms with Crippen LogP contribution in [-0.2, 0) is 16.0 Å². The summed E-state index contributed by atoms with van der Waals surface area (Å²) in [5, 5.41) is 18.8. The lowest BCUT2D eigenvalue weighted by atomic mass is 9.83. The monoisotopic (exact) mass is 891 g/mol. The van der Waals surface area contributed by atoms with Gasteiger partial charge in [-0.25, -0.2) is 18.7 Å². The molecule has 2 aromatic carbocycles. The number of aromatic nitrogens is 4. The number of nitriles is 2. The molecule has 10 rings (SSSR count). The summed E-state index contributed by atoms with van der Waals surface area (Å²) in [6.07, 6.45) is 16.0. The fourth-order valence-corrected chi connectivity index (χ4v) is 11.7. The summed E-state index contributed by atoms with van der Waals surface area (Å²) in [4.78, 5) is 40.9. The molecular formula is C53H52ClF2N7O2. The summed E-state index contributed by atoms with van der Waals surface area (Å²) in [7, 11) is 0. The van der Waals surface area contributed by atoms with Gasteiger partial charge in [0.2, 0.25) is 5.24 Å². The van der Waals surface area contributed by atoms with Crippen LogP contribution in [0.25, 0.3) is 21.8 Å². The van der Waals surface area contributed by atoms with E-state index in [-0.39, 0.29) is 34.5 Å². The summed E-state index contributed by atoms with van der Waals surface area (Å²) in [5.74, 6) is 4.19. The van der Waals surface area contributed by atoms with Gasteiger partial charge in [-0.15, -0.1) is 0 Å². The lowest BCUT2D eigenvalue weighted by Crippen LogP contribution is -2.21. The first-order chi connectivity index (χ1) is 31.4. The van der Waals surface area contributed by atoms with E-state index in [1.54, 1.807) is 48.7 Å². The van der Waals surface area contributed by atoms with Gasteiger partial charge in [-0.05, 0) is 194 Å². The molecule has 0 spiro atoms. The van der Waals surface area contributed by atoms with Crippen LogP contribution >= 0.6 is 11.6 Å². The zero-order valence-electron chi connectivity index (χ0n) is 36.6. The molecule has 4 fully saturated rings. The topological polar surface area (TPSA) is 159 Å². The van der Waals surface area contributed by atoms with E-state index in [2.05, 4.69) is 39.0 Å². The van der Waals surface area contributed by atoms with Gasteiger partial charge < -0.3 is 5.73 Å². The highest BCUT2D eigenvalue weighted by atomic mass is 35.5. The van der Waals surface area contributed by atoms with Gasteiger partial charge in [0.05, 0.1) is 22.9 Å². The van der Waals surface area contributed by atoms with Crippen molar-refractivity contribution in [1.29, 1.82) is 10.5 Å². The van der Waals surface area contributed by atoms with E-state index in [0.29, 0.717) is 70.8 Å². The molecule has 4 aliphatic rings. The molecule has 0 amide bonds. The van der Waals surface area contributed by atoms with Gasteiger partial charge in [0, 0.05) is 47.6 Å². The molecule has 0 saturated heterocycles. The molecule has 6 aromatic rings. The van der Waals surface area contributed by atoms with E-state index in [0.717, 1.165) is 78.7 Å². The molecule has 12 heteroatoms. The SMILES string of the molecule is CC(C(=O)Cc1ccc(C#N)nc1)C1C[C@H]2CC(c3ccnc4ccc(F)cc34)C[C@H]2C1.CC(C(=O)Cl)C1C[C@H]2CC(c3ccnc4ccc(F)cc34)C[C@H]2C1.N#Cc1ccc(N)cn1. The molecule has 4 heterocycles. The van der Waals surface area contributed by atoms with Crippen LogP contribution in [0, 0.1) is 81.6 Å². The van der Waals surface area contributed by atoms with E-state index < -0.39 is 0 Å². The number of carbonyl (C=O) groups is 2. The Balaban J connectivity index is 0.000000153. The first-order valence-corrected chi connectivity index (χ1v) is 23.0. The van der Waals surface area contributed by atoms with Gasteiger partial charge in [-0.1, -0.05) is 19.9 Å². The minimum Gasteiger partial charge on any atom is -0.397 e. The minimum absolute atomic E-state index is 0.0329. The molecule has 0 bridgehead atoms. The fraction of sp³-hybridized carbons (Fsp3) is 0.396. The number of rotatable bonds is 8. The number of hydrogen-bond donors (Lipinski definition) is 1. The summed E-state index contributed by atoms with van der Waals surface area (Å²) in [6.45, 7) is 4.03. The molecule has 10 atom stereocenters. The summed E-state index contributed by atoms with van der Waals surface area (Å²) < 4.78 is 27.5. The average Bonchev–Trinajstić information content (AvgIpc) is 4.10. The average molecular weight is 892 g/mol. The number of benzene rings is 2. The maximum Gasteiger partial charge on any atom is 0.224 e. The number of anilines is 1. The van der Waals surface area contributed by atoms with Crippen molar-refractivity contribution in [3.63, 3.8) is 0 Å². The van der Waals surface area contributed by atoms with Crippen molar-refractivity contribution in [2.24, 2.45) is 47.3 Å². The van der Waals surface area contributed by atoms with E-state index in [1.807, 2.05) is 37.5 Å². The van der Waals surface area contributed by atoms with Crippen molar-refractivity contribution in [2.75, 3.05) is 5.73 Å². The molecule has 6 unspecified atom stereocenters. The predicted octanol–water partition coefficient (Wildman–Crippen LogP) is 11.4. The van der Waals surface area contributed by atoms with Gasteiger partial charge in [0.25, 0.3) is 0 Å². The highest BCUT2D eigenvalue weighted by Gasteiger charge is 2.46. The number of carbonyl (C=O) groups excluding carboxylic acids is 2. The predicted molar refractivity (Wildman–Crippen MR) is 247 cm³/mol. The molecule has 0 radical (unpaired) electrons. The highest BCUT2D eigenvalue weighted by molar-refractivity contribution is 6.63. The molecule has 332 valence electrons. The Morgan fingerprint density at radius 2 is 1.11 bits per heavy atom. The molecule has 4 aromatic heterocycles. The van der Waals surface area contributed by atoms with E-state index in [4.69, 9.17) is 27.9 Å². The number of nitrogens with zero attached hydrogens (tertiary/aromatic N) is 6. The zero-order chi connectivity index (χ0) is 45.8. The van der Waals surface area contributed by atoms with Crippen molar-refractivity contribution in [2.45, 2.75) is 83.5 Å². The number of nitrogens with two attached hydrogens (primary N) is 1. The van der Waals surface area contributed by atoms with Crippen molar-refractivity contribution >= 4 is 50.1 Å². The number of nitrogen functional groups attached to an aromatic ring is 1. The number of hydrogen-bond acceptors (Lipinski definition) is 9. The summed E-state index contributed by atoms with van der Waals surface area (Å²) in [6, 6.07) is 24.4. The molecule has 4 aliphatic carbocycles. The van der Waals surface area contributed by atoms with Crippen molar-refractivity contribution in [3.05, 3.63) is 137 Å². The quantitative estimate of drug-likeness (QED) is 0.147. The van der Waals surface area contributed by atoms with Crippen LogP contribution in [0.3, 0.4) is 0 Å². The third-order valence-electron chi connectivity index (χ3n) is 15.0. The minimum atomic E-state index is -0.213. The van der Waals surface area contributed by atoms with Crippen molar-refractivity contribution in [1.82, 2.24) is 19.9 Å². The molecule has 65 heavy (non-hydrogen) atoms. The normalized spacial score (nSPS) is 24.9. The van der Waals surface area contributed by atoms with E-state index in [9.17, 15) is 18.4 Å². The van der Waals surface area contributed by atoms with Gasteiger partial charge in [-0.3, -0.25) is 19.6 Å². The van der Waals surface area contributed by atoms with Gasteiger partial charge >= 0.3 is 0 Å². The Kier molecular flexibility index (Phi) is 13.9. The molecule has 2 N–H and O–H groups in total. The lowest BCUT2D eigenvalue weighted by molar-refractivity contribution is -0.123. The number of fused-ring (bicyclic) bond motifs is 4. The molecule has 4 saturated carbocycles. The van der Waals surface area contributed by atoms with Crippen LogP contribution in [0.2, 0.25) is 0 Å². The highest BCUT2D eigenvalue weighted by Crippen LogP contribution is 2.56. The van der Waals surface area contributed by atoms with Crippen LogP contribution in [0.15, 0.2) is 97.6 Å². The van der Waals surface area contributed by atoms with Gasteiger partial charge in [0.15, 0.2) is 0 Å². The Bertz CT molecular complexity index is 2750. The zero-order valence-corrected chi connectivity index (χ0v) is 37.3. The van der Waals surface area contributed by atoms with E-state index in [1.165, 1.54) is 29.5 Å². The Hall–Kier alpha value is -6.17. The number of halogens is 3. The molecule has 9 nitrogen and oxygen atoms in total. The number of pyridine rings is 4. The second kappa shape index (κ2) is 19.9. The Labute approximate surface area is 383 Å². The van der Waals surface area contributed by atoms with Crippen LogP contribution in [-0.4, -0.2) is 31.0 Å². The smallest absolute Gasteiger partial charge is 0.224 e.